The molecule has 1 amide bonds. The Morgan fingerprint density at radius 2 is 1.88 bits per heavy atom. The van der Waals surface area contributed by atoms with E-state index in [2.05, 4.69) is 17.4 Å². The molecule has 0 saturated heterocycles. The van der Waals surface area contributed by atoms with E-state index in [9.17, 15) is 4.79 Å². The predicted octanol–water partition coefficient (Wildman–Crippen LogP) is 4.74. The number of ether oxygens (including phenoxy) is 1. The van der Waals surface area contributed by atoms with E-state index in [4.69, 9.17) is 9.26 Å². The number of nitrogens with zero attached hydrogens (tertiary/aromatic N) is 1. The summed E-state index contributed by atoms with van der Waals surface area (Å²) in [5.41, 5.74) is 5.04. The first-order valence-electron chi connectivity index (χ1n) is 8.47. The van der Waals surface area contributed by atoms with Crippen LogP contribution in [0.1, 0.15) is 38.5 Å². The van der Waals surface area contributed by atoms with Crippen molar-refractivity contribution in [3.05, 3.63) is 76.2 Å². The van der Waals surface area contributed by atoms with Crippen molar-refractivity contribution < 1.29 is 14.1 Å². The van der Waals surface area contributed by atoms with E-state index in [-0.39, 0.29) is 18.2 Å². The van der Waals surface area contributed by atoms with Crippen LogP contribution >= 0.6 is 0 Å². The molecule has 0 atom stereocenters. The maximum atomic E-state index is 12.6. The Morgan fingerprint density at radius 1 is 1.08 bits per heavy atom. The minimum absolute atomic E-state index is 0.217. The molecule has 0 aliphatic heterocycles. The summed E-state index contributed by atoms with van der Waals surface area (Å²) in [7, 11) is 0. The molecule has 3 rings (SSSR count). The Balaban J connectivity index is 1.75. The van der Waals surface area contributed by atoms with Gasteiger partial charge in [0.1, 0.15) is 18.1 Å². The van der Waals surface area contributed by atoms with E-state index in [1.54, 1.807) is 6.92 Å². The standard InChI is InChI=1S/C21H22N2O3/c1-13-6-5-7-17(10-13)22-21(24)20-19(16(4)26-23-20)12-25-18-9-8-14(2)15(3)11-18/h5-11H,12H2,1-4H3,(H,22,24). The van der Waals surface area contributed by atoms with Gasteiger partial charge in [-0.1, -0.05) is 23.4 Å². The second-order valence-electron chi connectivity index (χ2n) is 6.42. The molecule has 0 saturated carbocycles. The normalized spacial score (nSPS) is 10.6. The molecule has 0 radical (unpaired) electrons. The summed E-state index contributed by atoms with van der Waals surface area (Å²) in [5, 5.41) is 6.76. The number of amides is 1. The highest BCUT2D eigenvalue weighted by Crippen LogP contribution is 2.21. The monoisotopic (exact) mass is 350 g/mol. The Hall–Kier alpha value is -3.08. The summed E-state index contributed by atoms with van der Waals surface area (Å²) in [6.07, 6.45) is 0. The van der Waals surface area contributed by atoms with Crippen LogP contribution in [-0.2, 0) is 6.61 Å². The average molecular weight is 350 g/mol. The van der Waals surface area contributed by atoms with Crippen molar-refractivity contribution in [2.75, 3.05) is 5.32 Å². The van der Waals surface area contributed by atoms with Gasteiger partial charge in [0, 0.05) is 5.69 Å². The van der Waals surface area contributed by atoms with E-state index in [1.165, 1.54) is 5.56 Å². The minimum Gasteiger partial charge on any atom is -0.489 e. The largest absolute Gasteiger partial charge is 0.489 e. The first kappa shape index (κ1) is 17.7. The zero-order valence-electron chi connectivity index (χ0n) is 15.4. The average Bonchev–Trinajstić information content (AvgIpc) is 2.97. The van der Waals surface area contributed by atoms with Gasteiger partial charge in [-0.15, -0.1) is 0 Å². The summed E-state index contributed by atoms with van der Waals surface area (Å²) in [6, 6.07) is 13.5. The number of hydrogen-bond donors (Lipinski definition) is 1. The van der Waals surface area contributed by atoms with E-state index < -0.39 is 0 Å². The van der Waals surface area contributed by atoms with Gasteiger partial charge in [0.25, 0.3) is 5.91 Å². The van der Waals surface area contributed by atoms with Crippen LogP contribution in [0.15, 0.2) is 47.0 Å². The number of carbonyl (C=O) groups excluding carboxylic acids is 1. The van der Waals surface area contributed by atoms with Crippen molar-refractivity contribution in [2.24, 2.45) is 0 Å². The Morgan fingerprint density at radius 3 is 2.62 bits per heavy atom. The van der Waals surface area contributed by atoms with Gasteiger partial charge in [0.2, 0.25) is 0 Å². The van der Waals surface area contributed by atoms with Crippen LogP contribution in [0.2, 0.25) is 0 Å². The predicted molar refractivity (Wildman–Crippen MR) is 101 cm³/mol. The SMILES string of the molecule is Cc1cccc(NC(=O)c2noc(C)c2COc2ccc(C)c(C)c2)c1. The molecule has 134 valence electrons. The fourth-order valence-electron chi connectivity index (χ4n) is 2.61. The van der Waals surface area contributed by atoms with Crippen LogP contribution in [-0.4, -0.2) is 11.1 Å². The maximum absolute atomic E-state index is 12.6. The molecular formula is C21H22N2O3. The highest BCUT2D eigenvalue weighted by atomic mass is 16.5. The second kappa shape index (κ2) is 7.44. The molecule has 5 heteroatoms. The van der Waals surface area contributed by atoms with Crippen molar-refractivity contribution in [1.29, 1.82) is 0 Å². The number of benzene rings is 2. The molecule has 0 aliphatic rings. The third kappa shape index (κ3) is 3.94. The Bertz CT molecular complexity index is 944. The summed E-state index contributed by atoms with van der Waals surface area (Å²) in [6.45, 7) is 8.05. The molecule has 1 aromatic heterocycles. The topological polar surface area (TPSA) is 64.4 Å². The number of rotatable bonds is 5. The van der Waals surface area contributed by atoms with Gasteiger partial charge < -0.3 is 14.6 Å². The first-order chi connectivity index (χ1) is 12.4. The summed E-state index contributed by atoms with van der Waals surface area (Å²) < 4.78 is 11.1. The third-order valence-corrected chi connectivity index (χ3v) is 4.34. The second-order valence-corrected chi connectivity index (χ2v) is 6.42. The number of aromatic nitrogens is 1. The van der Waals surface area contributed by atoms with Crippen LogP contribution in [0, 0.1) is 27.7 Å². The highest BCUT2D eigenvalue weighted by molar-refractivity contribution is 6.03. The lowest BCUT2D eigenvalue weighted by atomic mass is 10.1. The highest BCUT2D eigenvalue weighted by Gasteiger charge is 2.20. The number of carbonyl (C=O) groups is 1. The number of aryl methyl sites for hydroxylation is 4. The molecule has 2 aromatic carbocycles. The molecule has 0 fully saturated rings. The number of anilines is 1. The third-order valence-electron chi connectivity index (χ3n) is 4.34. The van der Waals surface area contributed by atoms with Crippen molar-refractivity contribution in [1.82, 2.24) is 5.16 Å². The summed E-state index contributed by atoms with van der Waals surface area (Å²) in [4.78, 5) is 12.6. The van der Waals surface area contributed by atoms with Gasteiger partial charge in [0.15, 0.2) is 5.69 Å². The van der Waals surface area contributed by atoms with Crippen LogP contribution in [0.25, 0.3) is 0 Å². The number of hydrogen-bond acceptors (Lipinski definition) is 4. The van der Waals surface area contributed by atoms with Crippen molar-refractivity contribution in [2.45, 2.75) is 34.3 Å². The fourth-order valence-corrected chi connectivity index (χ4v) is 2.61. The molecule has 26 heavy (non-hydrogen) atoms. The molecule has 1 N–H and O–H groups in total. The molecule has 5 nitrogen and oxygen atoms in total. The van der Waals surface area contributed by atoms with Gasteiger partial charge >= 0.3 is 0 Å². The lowest BCUT2D eigenvalue weighted by Crippen LogP contribution is -2.15. The van der Waals surface area contributed by atoms with Crippen molar-refractivity contribution >= 4 is 11.6 Å². The van der Waals surface area contributed by atoms with Crippen LogP contribution in [0.3, 0.4) is 0 Å². The molecule has 0 unspecified atom stereocenters. The molecule has 0 spiro atoms. The van der Waals surface area contributed by atoms with Gasteiger partial charge in [0.05, 0.1) is 5.56 Å². The van der Waals surface area contributed by atoms with Gasteiger partial charge in [-0.3, -0.25) is 4.79 Å². The molecule has 3 aromatic rings. The van der Waals surface area contributed by atoms with Gasteiger partial charge in [-0.2, -0.15) is 0 Å². The smallest absolute Gasteiger partial charge is 0.278 e. The van der Waals surface area contributed by atoms with Crippen LogP contribution < -0.4 is 10.1 Å². The van der Waals surface area contributed by atoms with E-state index in [0.29, 0.717) is 11.3 Å². The zero-order valence-corrected chi connectivity index (χ0v) is 15.4. The Kier molecular flexibility index (Phi) is 5.07. The lowest BCUT2D eigenvalue weighted by molar-refractivity contribution is 0.101. The maximum Gasteiger partial charge on any atom is 0.278 e. The zero-order chi connectivity index (χ0) is 18.7. The van der Waals surface area contributed by atoms with E-state index in [1.807, 2.05) is 56.3 Å². The van der Waals surface area contributed by atoms with Crippen molar-refractivity contribution in [3.8, 4) is 5.75 Å². The van der Waals surface area contributed by atoms with Gasteiger partial charge in [-0.25, -0.2) is 0 Å². The minimum atomic E-state index is -0.314. The molecule has 0 aliphatic carbocycles. The summed E-state index contributed by atoms with van der Waals surface area (Å²) in [5.74, 6) is 1.01. The molecule has 0 bridgehead atoms. The fraction of sp³-hybridized carbons (Fsp3) is 0.238. The van der Waals surface area contributed by atoms with Crippen LogP contribution in [0.4, 0.5) is 5.69 Å². The molecular weight excluding hydrogens is 328 g/mol. The van der Waals surface area contributed by atoms with Crippen molar-refractivity contribution in [3.63, 3.8) is 0 Å². The molecule has 1 heterocycles. The first-order valence-corrected chi connectivity index (χ1v) is 8.47. The van der Waals surface area contributed by atoms with Crippen LogP contribution in [0.5, 0.6) is 5.75 Å². The van der Waals surface area contributed by atoms with E-state index >= 15 is 0 Å². The van der Waals surface area contributed by atoms with E-state index in [0.717, 1.165) is 22.6 Å². The Labute approximate surface area is 153 Å². The number of nitrogens with one attached hydrogen (secondary N) is 1. The summed E-state index contributed by atoms with van der Waals surface area (Å²) >= 11 is 0. The van der Waals surface area contributed by atoms with Gasteiger partial charge in [-0.05, 0) is 68.7 Å². The lowest BCUT2D eigenvalue weighted by Gasteiger charge is -2.09. The quantitative estimate of drug-likeness (QED) is 0.722.